The fourth-order valence-electron chi connectivity index (χ4n) is 11.8. The maximum absolute atomic E-state index is 6.55. The molecule has 11 aromatic carbocycles. The van der Waals surface area contributed by atoms with E-state index in [9.17, 15) is 0 Å². The van der Waals surface area contributed by atoms with Gasteiger partial charge in [0, 0.05) is 33.4 Å². The van der Waals surface area contributed by atoms with Crippen molar-refractivity contribution < 1.29 is 4.42 Å². The predicted molar refractivity (Wildman–Crippen MR) is 286 cm³/mol. The molecule has 0 unspecified atom stereocenters. The molecule has 0 saturated carbocycles. The van der Waals surface area contributed by atoms with Crippen LogP contribution in [0.2, 0.25) is 0 Å². The molecule has 0 aliphatic heterocycles. The Morgan fingerprint density at radius 2 is 0.710 bits per heavy atom. The minimum atomic E-state index is -0.548. The summed E-state index contributed by atoms with van der Waals surface area (Å²) in [5, 5.41) is 2.25. The third kappa shape index (κ3) is 5.92. The van der Waals surface area contributed by atoms with Crippen LogP contribution < -0.4 is 4.90 Å². The first kappa shape index (κ1) is 39.2. The summed E-state index contributed by atoms with van der Waals surface area (Å²) in [6.45, 7) is 0. The monoisotopic (exact) mass is 877 g/mol. The fraction of sp³-hybridized carbons (Fsp3) is 0.0149. The van der Waals surface area contributed by atoms with E-state index in [0.29, 0.717) is 0 Å². The molecule has 322 valence electrons. The van der Waals surface area contributed by atoms with E-state index in [0.717, 1.165) is 50.1 Å². The van der Waals surface area contributed by atoms with Crippen molar-refractivity contribution in [2.45, 2.75) is 5.41 Å². The molecule has 12 aromatic rings. The smallest absolute Gasteiger partial charge is 0.143 e. The number of rotatable bonds is 6. The van der Waals surface area contributed by atoms with Crippen molar-refractivity contribution >= 4 is 39.0 Å². The molecule has 69 heavy (non-hydrogen) atoms. The van der Waals surface area contributed by atoms with Crippen LogP contribution >= 0.6 is 0 Å². The highest BCUT2D eigenvalue weighted by molar-refractivity contribution is 6.10. The van der Waals surface area contributed by atoms with Crippen molar-refractivity contribution in [3.8, 4) is 66.8 Å². The second kappa shape index (κ2) is 15.6. The zero-order valence-corrected chi connectivity index (χ0v) is 37.7. The van der Waals surface area contributed by atoms with Crippen LogP contribution in [0.15, 0.2) is 265 Å². The largest absolute Gasteiger partial charge is 0.455 e. The number of benzene rings is 11. The molecule has 0 N–H and O–H groups in total. The Hall–Kier alpha value is -8.98. The van der Waals surface area contributed by atoms with Crippen LogP contribution in [0.5, 0.6) is 0 Å². The average molecular weight is 878 g/mol. The molecule has 0 saturated heterocycles. The van der Waals surface area contributed by atoms with Gasteiger partial charge in [0.25, 0.3) is 0 Å². The fourth-order valence-corrected chi connectivity index (χ4v) is 11.8. The van der Waals surface area contributed by atoms with Crippen molar-refractivity contribution in [2.24, 2.45) is 0 Å². The molecule has 1 heterocycles. The lowest BCUT2D eigenvalue weighted by molar-refractivity contribution is 0.670. The summed E-state index contributed by atoms with van der Waals surface area (Å²) in [6.07, 6.45) is 0. The topological polar surface area (TPSA) is 16.4 Å². The molecule has 0 fully saturated rings. The van der Waals surface area contributed by atoms with Gasteiger partial charge in [0.1, 0.15) is 11.2 Å². The summed E-state index contributed by atoms with van der Waals surface area (Å²) in [6, 6.07) is 95.9. The number of fused-ring (bicyclic) bond motifs is 14. The highest BCUT2D eigenvalue weighted by Crippen LogP contribution is 2.58. The first-order valence-corrected chi connectivity index (χ1v) is 23.8. The van der Waals surface area contributed by atoms with Gasteiger partial charge < -0.3 is 9.32 Å². The first-order chi connectivity index (χ1) is 34.2. The predicted octanol–water partition coefficient (Wildman–Crippen LogP) is 18.1. The quantitative estimate of drug-likeness (QED) is 0.165. The Morgan fingerprint density at radius 3 is 1.33 bits per heavy atom. The van der Waals surface area contributed by atoms with Gasteiger partial charge in [-0.1, -0.05) is 218 Å². The van der Waals surface area contributed by atoms with Crippen LogP contribution in [-0.2, 0) is 5.41 Å². The van der Waals surface area contributed by atoms with Gasteiger partial charge >= 0.3 is 0 Å². The molecule has 2 aliphatic rings. The van der Waals surface area contributed by atoms with Gasteiger partial charge in [0.15, 0.2) is 0 Å². The lowest BCUT2D eigenvalue weighted by Gasteiger charge is -2.35. The molecule has 14 rings (SSSR count). The molecule has 0 bridgehead atoms. The molecule has 1 aromatic heterocycles. The van der Waals surface area contributed by atoms with Gasteiger partial charge in [-0.2, -0.15) is 0 Å². The number of nitrogens with zero attached hydrogens (tertiary/aromatic N) is 1. The van der Waals surface area contributed by atoms with Crippen molar-refractivity contribution in [1.29, 1.82) is 0 Å². The Bertz CT molecular complexity index is 3910. The van der Waals surface area contributed by atoms with Gasteiger partial charge in [0.2, 0.25) is 0 Å². The SMILES string of the molecule is c1ccc(C2(c3ccccc3)c3ccccc3-c3ccc(N(c4ccc(-c5cccc6c5oc5ccccc56)cc4)c4ccc5c(c4)-c4ccccc4-c4ccccc4-c4ccccc4-5)cc32)cc1. The Kier molecular flexibility index (Phi) is 8.84. The van der Waals surface area contributed by atoms with Gasteiger partial charge in [0.05, 0.1) is 5.41 Å². The van der Waals surface area contributed by atoms with Gasteiger partial charge in [-0.25, -0.2) is 0 Å². The minimum Gasteiger partial charge on any atom is -0.455 e. The number of para-hydroxylation sites is 2. The number of hydrogen-bond acceptors (Lipinski definition) is 2. The van der Waals surface area contributed by atoms with E-state index in [1.54, 1.807) is 0 Å². The third-order valence-corrected chi connectivity index (χ3v) is 14.7. The standard InChI is InChI=1S/C67H43NO/c1-3-18-45(19-4-1)67(46-20-5-2-6-21-46)63-32-15-13-28-58(63)59-41-39-49(43-64(59)67)68(47-36-34-44(35-37-47)50-30-17-31-61-60-29-14-16-33-65(60)69-66(50)61)48-38-40-57-55-26-10-9-24-53(55)51-22-7-8-23-52(51)54-25-11-12-27-56(54)62(57)42-48/h1-43H. The molecule has 2 aliphatic carbocycles. The highest BCUT2D eigenvalue weighted by Gasteiger charge is 2.46. The van der Waals surface area contributed by atoms with Gasteiger partial charge in [-0.15, -0.1) is 0 Å². The van der Waals surface area contributed by atoms with E-state index in [2.05, 4.69) is 260 Å². The Balaban J connectivity index is 1.01. The van der Waals surface area contributed by atoms with E-state index in [1.165, 1.54) is 77.9 Å². The van der Waals surface area contributed by atoms with Crippen molar-refractivity contribution in [2.75, 3.05) is 4.90 Å². The summed E-state index contributed by atoms with van der Waals surface area (Å²) in [4.78, 5) is 2.46. The summed E-state index contributed by atoms with van der Waals surface area (Å²) in [7, 11) is 0. The maximum atomic E-state index is 6.55. The normalized spacial score (nSPS) is 12.8. The van der Waals surface area contributed by atoms with Crippen LogP contribution in [0.4, 0.5) is 17.1 Å². The Labute approximate surface area is 401 Å². The molecular weight excluding hydrogens is 835 g/mol. The molecule has 0 atom stereocenters. The van der Waals surface area contributed by atoms with Crippen LogP contribution in [-0.4, -0.2) is 0 Å². The average Bonchev–Trinajstić information content (AvgIpc) is 3.95. The summed E-state index contributed by atoms with van der Waals surface area (Å²) in [5.74, 6) is 0. The molecule has 0 radical (unpaired) electrons. The number of furan rings is 1. The van der Waals surface area contributed by atoms with E-state index in [4.69, 9.17) is 4.42 Å². The molecule has 0 amide bonds. The second-order valence-corrected chi connectivity index (χ2v) is 18.3. The van der Waals surface area contributed by atoms with Crippen molar-refractivity contribution in [3.63, 3.8) is 0 Å². The minimum absolute atomic E-state index is 0.548. The number of anilines is 3. The van der Waals surface area contributed by atoms with Crippen molar-refractivity contribution in [1.82, 2.24) is 0 Å². The first-order valence-electron chi connectivity index (χ1n) is 23.8. The van der Waals surface area contributed by atoms with Gasteiger partial charge in [-0.3, -0.25) is 0 Å². The van der Waals surface area contributed by atoms with E-state index >= 15 is 0 Å². The lowest BCUT2D eigenvalue weighted by atomic mass is 9.67. The second-order valence-electron chi connectivity index (χ2n) is 18.3. The lowest BCUT2D eigenvalue weighted by Crippen LogP contribution is -2.28. The summed E-state index contributed by atoms with van der Waals surface area (Å²) in [5.41, 5.74) is 24.0. The summed E-state index contributed by atoms with van der Waals surface area (Å²) < 4.78 is 6.55. The molecule has 2 heteroatoms. The summed E-state index contributed by atoms with van der Waals surface area (Å²) >= 11 is 0. The number of hydrogen-bond donors (Lipinski definition) is 0. The Morgan fingerprint density at radius 1 is 0.275 bits per heavy atom. The highest BCUT2D eigenvalue weighted by atomic mass is 16.3. The van der Waals surface area contributed by atoms with E-state index < -0.39 is 5.41 Å². The zero-order valence-electron chi connectivity index (χ0n) is 37.7. The van der Waals surface area contributed by atoms with Crippen molar-refractivity contribution in [3.05, 3.63) is 283 Å². The van der Waals surface area contributed by atoms with Crippen LogP contribution in [0, 0.1) is 0 Å². The van der Waals surface area contributed by atoms with Crippen LogP contribution in [0.3, 0.4) is 0 Å². The van der Waals surface area contributed by atoms with Gasteiger partial charge in [-0.05, 0) is 126 Å². The van der Waals surface area contributed by atoms with Crippen LogP contribution in [0.1, 0.15) is 22.3 Å². The van der Waals surface area contributed by atoms with E-state index in [1.807, 2.05) is 6.07 Å². The molecular formula is C67H43NO. The maximum Gasteiger partial charge on any atom is 0.143 e. The van der Waals surface area contributed by atoms with Crippen LogP contribution in [0.25, 0.3) is 88.7 Å². The molecule has 2 nitrogen and oxygen atoms in total. The zero-order chi connectivity index (χ0) is 45.5. The van der Waals surface area contributed by atoms with E-state index in [-0.39, 0.29) is 0 Å². The third-order valence-electron chi connectivity index (χ3n) is 14.7. The molecule has 0 spiro atoms.